The molecule has 102 valence electrons. The third-order valence-corrected chi connectivity index (χ3v) is 3.95. The van der Waals surface area contributed by atoms with Crippen LogP contribution >= 0.6 is 27.3 Å². The smallest absolute Gasteiger partial charge is 0.281 e. The van der Waals surface area contributed by atoms with Gasteiger partial charge in [-0.05, 0) is 28.1 Å². The van der Waals surface area contributed by atoms with Gasteiger partial charge in [-0.15, -0.1) is 11.3 Å². The third kappa shape index (κ3) is 3.13. The van der Waals surface area contributed by atoms with Crippen LogP contribution in [-0.2, 0) is 5.92 Å². The molecule has 0 saturated carbocycles. The summed E-state index contributed by atoms with van der Waals surface area (Å²) in [4.78, 5) is 7.19. The van der Waals surface area contributed by atoms with Crippen molar-refractivity contribution in [2.75, 3.05) is 0 Å². The lowest BCUT2D eigenvalue weighted by atomic mass is 10.2. The first-order valence-electron chi connectivity index (χ1n) is 5.13. The highest BCUT2D eigenvalue weighted by Gasteiger charge is 2.29. The lowest BCUT2D eigenvalue weighted by molar-refractivity contribution is 0.0213. The molecule has 3 nitrogen and oxygen atoms in total. The molecule has 0 radical (unpaired) electrons. The maximum atomic E-state index is 13.5. The molecule has 0 bridgehead atoms. The van der Waals surface area contributed by atoms with Gasteiger partial charge in [0.1, 0.15) is 21.1 Å². The average Bonchev–Trinajstić information content (AvgIpc) is 2.80. The zero-order valence-corrected chi connectivity index (χ0v) is 12.0. The van der Waals surface area contributed by atoms with Crippen molar-refractivity contribution in [3.8, 4) is 0 Å². The molecule has 0 amide bonds. The van der Waals surface area contributed by atoms with Gasteiger partial charge in [0.05, 0.1) is 4.88 Å². The van der Waals surface area contributed by atoms with Gasteiger partial charge < -0.3 is 5.11 Å². The first-order valence-corrected chi connectivity index (χ1v) is 6.74. The van der Waals surface area contributed by atoms with Crippen LogP contribution < -0.4 is 0 Å². The van der Waals surface area contributed by atoms with Crippen molar-refractivity contribution in [2.24, 2.45) is 0 Å². The minimum Gasteiger partial charge on any atom is -0.379 e. The molecule has 8 heteroatoms. The minimum atomic E-state index is -3.04. The van der Waals surface area contributed by atoms with Crippen molar-refractivity contribution in [1.82, 2.24) is 9.97 Å². The highest BCUT2D eigenvalue weighted by Crippen LogP contribution is 2.35. The number of hydrogen-bond acceptors (Lipinski definition) is 4. The quantitative estimate of drug-likeness (QED) is 0.858. The number of halogens is 4. The van der Waals surface area contributed by atoms with E-state index in [0.29, 0.717) is 15.9 Å². The maximum Gasteiger partial charge on any atom is 0.281 e. The molecule has 0 aromatic carbocycles. The number of thiazole rings is 1. The highest BCUT2D eigenvalue weighted by atomic mass is 79.9. The SMILES string of the molecule is CC(F)(F)c1cnc(C(O)c2nc(Br)ccc2F)s1. The molecule has 1 unspecified atom stereocenters. The minimum absolute atomic E-state index is 0.0268. The number of rotatable bonds is 3. The Morgan fingerprint density at radius 2 is 2.11 bits per heavy atom. The molecule has 2 aromatic rings. The van der Waals surface area contributed by atoms with Crippen LogP contribution in [0.2, 0.25) is 0 Å². The average molecular weight is 353 g/mol. The molecule has 0 saturated heterocycles. The Kier molecular flexibility index (Phi) is 3.93. The van der Waals surface area contributed by atoms with Crippen molar-refractivity contribution >= 4 is 27.3 Å². The summed E-state index contributed by atoms with van der Waals surface area (Å²) in [6, 6.07) is 2.50. The van der Waals surface area contributed by atoms with Crippen molar-refractivity contribution in [2.45, 2.75) is 19.0 Å². The first-order chi connectivity index (χ1) is 8.79. The van der Waals surface area contributed by atoms with E-state index in [1.807, 2.05) is 0 Å². The molecule has 19 heavy (non-hydrogen) atoms. The second kappa shape index (κ2) is 5.18. The van der Waals surface area contributed by atoms with Crippen molar-refractivity contribution in [3.05, 3.63) is 44.3 Å². The first kappa shape index (κ1) is 14.4. The highest BCUT2D eigenvalue weighted by molar-refractivity contribution is 9.10. The van der Waals surface area contributed by atoms with Gasteiger partial charge >= 0.3 is 0 Å². The van der Waals surface area contributed by atoms with Crippen LogP contribution in [-0.4, -0.2) is 15.1 Å². The largest absolute Gasteiger partial charge is 0.379 e. The lowest BCUT2D eigenvalue weighted by Crippen LogP contribution is -2.05. The van der Waals surface area contributed by atoms with E-state index < -0.39 is 17.8 Å². The molecule has 2 aromatic heterocycles. The normalized spacial score (nSPS) is 13.6. The molecule has 2 rings (SSSR count). The lowest BCUT2D eigenvalue weighted by Gasteiger charge is -2.09. The molecule has 0 aliphatic carbocycles. The van der Waals surface area contributed by atoms with Crippen LogP contribution in [0.15, 0.2) is 22.9 Å². The Morgan fingerprint density at radius 1 is 1.42 bits per heavy atom. The topological polar surface area (TPSA) is 46.0 Å². The summed E-state index contributed by atoms with van der Waals surface area (Å²) in [5, 5.41) is 9.93. The molecule has 0 aliphatic rings. The number of aliphatic hydroxyl groups is 1. The number of aliphatic hydroxyl groups excluding tert-OH is 1. The van der Waals surface area contributed by atoms with Gasteiger partial charge in [-0.2, -0.15) is 0 Å². The van der Waals surface area contributed by atoms with Crippen LogP contribution in [0.3, 0.4) is 0 Å². The van der Waals surface area contributed by atoms with E-state index >= 15 is 0 Å². The van der Waals surface area contributed by atoms with E-state index in [1.165, 1.54) is 6.07 Å². The summed E-state index contributed by atoms with van der Waals surface area (Å²) in [6.45, 7) is 0.731. The van der Waals surface area contributed by atoms with Gasteiger partial charge in [-0.1, -0.05) is 0 Å². The standard InChI is InChI=1S/C11H8BrF3N2OS/c1-11(14,15)6-4-16-10(19-6)9(18)8-5(13)2-3-7(12)17-8/h2-4,9,18H,1H3. The van der Waals surface area contributed by atoms with Gasteiger partial charge in [0.2, 0.25) is 0 Å². The third-order valence-electron chi connectivity index (χ3n) is 2.29. The van der Waals surface area contributed by atoms with Crippen LogP contribution in [0.5, 0.6) is 0 Å². The van der Waals surface area contributed by atoms with Crippen LogP contribution in [0.4, 0.5) is 13.2 Å². The predicted octanol–water partition coefficient (Wildman–Crippen LogP) is 3.63. The van der Waals surface area contributed by atoms with E-state index in [-0.39, 0.29) is 15.6 Å². The van der Waals surface area contributed by atoms with E-state index in [0.717, 1.165) is 19.2 Å². The molecule has 0 spiro atoms. The second-order valence-electron chi connectivity index (χ2n) is 3.85. The Balaban J connectivity index is 2.36. The van der Waals surface area contributed by atoms with Crippen LogP contribution in [0, 0.1) is 5.82 Å². The van der Waals surface area contributed by atoms with Gasteiger partial charge in [-0.25, -0.2) is 23.1 Å². The Hall–Kier alpha value is -0.990. The fraction of sp³-hybridized carbons (Fsp3) is 0.273. The molecule has 0 fully saturated rings. The zero-order chi connectivity index (χ0) is 14.2. The van der Waals surface area contributed by atoms with Gasteiger partial charge in [0.25, 0.3) is 5.92 Å². The zero-order valence-electron chi connectivity index (χ0n) is 9.57. The summed E-state index contributed by atoms with van der Waals surface area (Å²) in [7, 11) is 0. The Morgan fingerprint density at radius 3 is 2.68 bits per heavy atom. The second-order valence-corrected chi connectivity index (χ2v) is 5.73. The molecule has 1 N–H and O–H groups in total. The fourth-order valence-electron chi connectivity index (χ4n) is 1.36. The van der Waals surface area contributed by atoms with Gasteiger partial charge in [0, 0.05) is 13.1 Å². The van der Waals surface area contributed by atoms with E-state index in [2.05, 4.69) is 25.9 Å². The number of hydrogen-bond donors (Lipinski definition) is 1. The summed E-state index contributed by atoms with van der Waals surface area (Å²) < 4.78 is 40.0. The van der Waals surface area contributed by atoms with Crippen molar-refractivity contribution in [1.29, 1.82) is 0 Å². The van der Waals surface area contributed by atoms with E-state index in [4.69, 9.17) is 0 Å². The summed E-state index contributed by atoms with van der Waals surface area (Å²) in [5.74, 6) is -3.77. The van der Waals surface area contributed by atoms with Gasteiger partial charge in [0.15, 0.2) is 6.10 Å². The predicted molar refractivity (Wildman–Crippen MR) is 67.6 cm³/mol. The summed E-state index contributed by atoms with van der Waals surface area (Å²) in [5.41, 5.74) is -0.255. The van der Waals surface area contributed by atoms with Crippen LogP contribution in [0.25, 0.3) is 0 Å². The van der Waals surface area contributed by atoms with E-state index in [9.17, 15) is 18.3 Å². The molecule has 1 atom stereocenters. The monoisotopic (exact) mass is 352 g/mol. The number of alkyl halides is 2. The molecule has 2 heterocycles. The molecular formula is C11H8BrF3N2OS. The number of pyridine rings is 1. The van der Waals surface area contributed by atoms with Gasteiger partial charge in [-0.3, -0.25) is 0 Å². The maximum absolute atomic E-state index is 13.5. The van der Waals surface area contributed by atoms with Crippen molar-refractivity contribution in [3.63, 3.8) is 0 Å². The molecular weight excluding hydrogens is 345 g/mol. The van der Waals surface area contributed by atoms with E-state index in [1.54, 1.807) is 0 Å². The van der Waals surface area contributed by atoms with Crippen molar-refractivity contribution < 1.29 is 18.3 Å². The number of nitrogens with zero attached hydrogens (tertiary/aromatic N) is 2. The molecule has 0 aliphatic heterocycles. The Labute approximate surface area is 119 Å². The Bertz CT molecular complexity index is 600. The summed E-state index contributed by atoms with van der Waals surface area (Å²) in [6.07, 6.45) is -0.502. The number of aromatic nitrogens is 2. The fourth-order valence-corrected chi connectivity index (χ4v) is 2.52. The van der Waals surface area contributed by atoms with Crippen LogP contribution in [0.1, 0.15) is 28.6 Å². The summed E-state index contributed by atoms with van der Waals surface area (Å²) >= 11 is 3.67.